The van der Waals surface area contributed by atoms with Gasteiger partial charge in [-0.05, 0) is 26.0 Å². The van der Waals surface area contributed by atoms with Gasteiger partial charge in [0.25, 0.3) is 0 Å². The molecule has 0 fully saturated rings. The molecule has 80 valence electrons. The van der Waals surface area contributed by atoms with Gasteiger partial charge in [0.15, 0.2) is 0 Å². The van der Waals surface area contributed by atoms with Crippen LogP contribution in [0.2, 0.25) is 0 Å². The SMILES string of the molecule is CCN(CCC#N)c1ccc(N)c(C)n1. The molecule has 0 bridgehead atoms. The summed E-state index contributed by atoms with van der Waals surface area (Å²) in [5.41, 5.74) is 7.24. The molecule has 0 aliphatic rings. The third kappa shape index (κ3) is 2.84. The Hall–Kier alpha value is -1.76. The van der Waals surface area contributed by atoms with Gasteiger partial charge in [0, 0.05) is 13.1 Å². The van der Waals surface area contributed by atoms with Crippen molar-refractivity contribution in [3.8, 4) is 6.07 Å². The summed E-state index contributed by atoms with van der Waals surface area (Å²) in [5, 5.41) is 8.54. The first kappa shape index (κ1) is 11.3. The van der Waals surface area contributed by atoms with E-state index in [1.54, 1.807) is 0 Å². The molecule has 0 amide bonds. The van der Waals surface area contributed by atoms with Crippen molar-refractivity contribution in [2.75, 3.05) is 23.7 Å². The van der Waals surface area contributed by atoms with E-state index in [4.69, 9.17) is 11.0 Å². The molecular formula is C11H16N4. The fourth-order valence-corrected chi connectivity index (χ4v) is 1.35. The molecule has 1 aromatic heterocycles. The fourth-order valence-electron chi connectivity index (χ4n) is 1.35. The number of hydrogen-bond donors (Lipinski definition) is 1. The lowest BCUT2D eigenvalue weighted by molar-refractivity contribution is 0.808. The molecule has 0 radical (unpaired) electrons. The molecule has 0 aromatic carbocycles. The lowest BCUT2D eigenvalue weighted by atomic mass is 10.3. The number of rotatable bonds is 4. The Kier molecular flexibility index (Phi) is 3.92. The van der Waals surface area contributed by atoms with Crippen LogP contribution in [0.25, 0.3) is 0 Å². The number of nitriles is 1. The maximum atomic E-state index is 8.54. The number of aromatic nitrogens is 1. The molecule has 1 aromatic rings. The molecule has 0 spiro atoms. The lowest BCUT2D eigenvalue weighted by Gasteiger charge is -2.21. The van der Waals surface area contributed by atoms with E-state index >= 15 is 0 Å². The van der Waals surface area contributed by atoms with E-state index in [0.29, 0.717) is 18.7 Å². The number of nitrogen functional groups attached to an aromatic ring is 1. The second-order valence-electron chi connectivity index (χ2n) is 3.33. The maximum absolute atomic E-state index is 8.54. The highest BCUT2D eigenvalue weighted by molar-refractivity contribution is 5.50. The minimum atomic E-state index is 0.513. The highest BCUT2D eigenvalue weighted by Crippen LogP contribution is 2.15. The Morgan fingerprint density at radius 2 is 2.27 bits per heavy atom. The zero-order valence-electron chi connectivity index (χ0n) is 9.20. The second-order valence-corrected chi connectivity index (χ2v) is 3.33. The summed E-state index contributed by atoms with van der Waals surface area (Å²) >= 11 is 0. The van der Waals surface area contributed by atoms with Gasteiger partial charge in [0.1, 0.15) is 5.82 Å². The van der Waals surface area contributed by atoms with Crippen molar-refractivity contribution in [2.45, 2.75) is 20.3 Å². The Morgan fingerprint density at radius 3 is 2.80 bits per heavy atom. The number of pyridine rings is 1. The minimum absolute atomic E-state index is 0.513. The second kappa shape index (κ2) is 5.20. The summed E-state index contributed by atoms with van der Waals surface area (Å²) in [7, 11) is 0. The smallest absolute Gasteiger partial charge is 0.128 e. The van der Waals surface area contributed by atoms with Crippen molar-refractivity contribution in [1.82, 2.24) is 4.98 Å². The van der Waals surface area contributed by atoms with Crippen LogP contribution < -0.4 is 10.6 Å². The first-order valence-corrected chi connectivity index (χ1v) is 5.04. The molecular weight excluding hydrogens is 188 g/mol. The molecule has 0 atom stereocenters. The van der Waals surface area contributed by atoms with Crippen LogP contribution in [0.3, 0.4) is 0 Å². The standard InChI is InChI=1S/C11H16N4/c1-3-15(8-4-7-12)11-6-5-10(13)9(2)14-11/h5-6H,3-4,8,13H2,1-2H3. The molecule has 0 saturated heterocycles. The summed E-state index contributed by atoms with van der Waals surface area (Å²) in [6.45, 7) is 5.49. The van der Waals surface area contributed by atoms with Crippen molar-refractivity contribution >= 4 is 11.5 Å². The van der Waals surface area contributed by atoms with Crippen LogP contribution >= 0.6 is 0 Å². The number of aryl methyl sites for hydroxylation is 1. The van der Waals surface area contributed by atoms with Gasteiger partial charge in [0.2, 0.25) is 0 Å². The van der Waals surface area contributed by atoms with Crippen LogP contribution in [0.1, 0.15) is 19.0 Å². The lowest BCUT2D eigenvalue weighted by Crippen LogP contribution is -2.24. The molecule has 2 N–H and O–H groups in total. The van der Waals surface area contributed by atoms with Crippen LogP contribution in [-0.2, 0) is 0 Å². The van der Waals surface area contributed by atoms with E-state index in [2.05, 4.69) is 16.0 Å². The molecule has 0 unspecified atom stereocenters. The molecule has 1 heterocycles. The van der Waals surface area contributed by atoms with Gasteiger partial charge in [-0.3, -0.25) is 0 Å². The van der Waals surface area contributed by atoms with Gasteiger partial charge in [-0.15, -0.1) is 0 Å². The fraction of sp³-hybridized carbons (Fsp3) is 0.455. The average molecular weight is 204 g/mol. The van der Waals surface area contributed by atoms with Crippen LogP contribution in [-0.4, -0.2) is 18.1 Å². The average Bonchev–Trinajstić information content (AvgIpc) is 2.24. The minimum Gasteiger partial charge on any atom is -0.397 e. The van der Waals surface area contributed by atoms with Crippen LogP contribution in [0, 0.1) is 18.3 Å². The quantitative estimate of drug-likeness (QED) is 0.810. The third-order valence-corrected chi connectivity index (χ3v) is 2.31. The number of nitrogens with two attached hydrogens (primary N) is 1. The Bertz CT molecular complexity index is 367. The Morgan fingerprint density at radius 1 is 1.53 bits per heavy atom. The van der Waals surface area contributed by atoms with E-state index in [-0.39, 0.29) is 0 Å². The molecule has 15 heavy (non-hydrogen) atoms. The molecule has 1 rings (SSSR count). The molecule has 4 heteroatoms. The van der Waals surface area contributed by atoms with Crippen LogP contribution in [0.4, 0.5) is 11.5 Å². The van der Waals surface area contributed by atoms with Gasteiger partial charge < -0.3 is 10.6 Å². The molecule has 0 aliphatic heterocycles. The summed E-state index contributed by atoms with van der Waals surface area (Å²) in [6, 6.07) is 5.88. The van der Waals surface area contributed by atoms with Crippen LogP contribution in [0.15, 0.2) is 12.1 Å². The summed E-state index contributed by atoms with van der Waals surface area (Å²) in [6.07, 6.45) is 0.513. The predicted molar refractivity (Wildman–Crippen MR) is 61.5 cm³/mol. The Labute approximate surface area is 90.3 Å². The van der Waals surface area contributed by atoms with Crippen molar-refractivity contribution in [2.24, 2.45) is 0 Å². The number of hydrogen-bond acceptors (Lipinski definition) is 4. The van der Waals surface area contributed by atoms with E-state index in [9.17, 15) is 0 Å². The maximum Gasteiger partial charge on any atom is 0.128 e. The normalized spacial score (nSPS) is 9.67. The van der Waals surface area contributed by atoms with Gasteiger partial charge >= 0.3 is 0 Å². The summed E-state index contributed by atoms with van der Waals surface area (Å²) in [4.78, 5) is 6.45. The van der Waals surface area contributed by atoms with E-state index in [1.165, 1.54) is 0 Å². The highest BCUT2D eigenvalue weighted by atomic mass is 15.2. The molecule has 4 nitrogen and oxygen atoms in total. The summed E-state index contributed by atoms with van der Waals surface area (Å²) < 4.78 is 0. The van der Waals surface area contributed by atoms with Gasteiger partial charge in [0.05, 0.1) is 23.9 Å². The topological polar surface area (TPSA) is 65.9 Å². The van der Waals surface area contributed by atoms with Crippen molar-refractivity contribution in [3.05, 3.63) is 17.8 Å². The number of anilines is 2. The van der Waals surface area contributed by atoms with Gasteiger partial charge in [-0.2, -0.15) is 5.26 Å². The van der Waals surface area contributed by atoms with Crippen LogP contribution in [0.5, 0.6) is 0 Å². The van der Waals surface area contributed by atoms with Gasteiger partial charge in [-0.25, -0.2) is 4.98 Å². The number of nitrogens with zero attached hydrogens (tertiary/aromatic N) is 3. The van der Waals surface area contributed by atoms with Crippen molar-refractivity contribution in [3.63, 3.8) is 0 Å². The largest absolute Gasteiger partial charge is 0.397 e. The van der Waals surface area contributed by atoms with Crippen molar-refractivity contribution in [1.29, 1.82) is 5.26 Å². The zero-order valence-corrected chi connectivity index (χ0v) is 9.20. The third-order valence-electron chi connectivity index (χ3n) is 2.31. The van der Waals surface area contributed by atoms with Gasteiger partial charge in [-0.1, -0.05) is 0 Å². The first-order chi connectivity index (χ1) is 7.19. The van der Waals surface area contributed by atoms with E-state index in [0.717, 1.165) is 18.1 Å². The van der Waals surface area contributed by atoms with E-state index in [1.807, 2.05) is 26.0 Å². The molecule has 0 aliphatic carbocycles. The Balaban J connectivity index is 2.83. The monoisotopic (exact) mass is 204 g/mol. The zero-order chi connectivity index (χ0) is 11.3. The molecule has 0 saturated carbocycles. The van der Waals surface area contributed by atoms with Crippen molar-refractivity contribution < 1.29 is 0 Å². The first-order valence-electron chi connectivity index (χ1n) is 5.04. The summed E-state index contributed by atoms with van der Waals surface area (Å²) in [5.74, 6) is 0.888. The predicted octanol–water partition coefficient (Wildman–Crippen LogP) is 1.71. The highest BCUT2D eigenvalue weighted by Gasteiger charge is 2.06. The van der Waals surface area contributed by atoms with E-state index < -0.39 is 0 Å².